The average molecular weight is 344 g/mol. The Hall–Kier alpha value is -0.300. The van der Waals surface area contributed by atoms with Gasteiger partial charge in [0.25, 0.3) is 0 Å². The van der Waals surface area contributed by atoms with Gasteiger partial charge in [-0.2, -0.15) is 0 Å². The summed E-state index contributed by atoms with van der Waals surface area (Å²) in [5.41, 5.74) is 0. The molecule has 1 rings (SSSR count). The first-order valence-corrected chi connectivity index (χ1v) is 6.74. The van der Waals surface area contributed by atoms with Crippen molar-refractivity contribution < 1.29 is 9.53 Å². The van der Waals surface area contributed by atoms with Gasteiger partial charge in [-0.05, 0) is 28.9 Å². The fraction of sp³-hybridized carbons (Fsp3) is 0.500. The van der Waals surface area contributed by atoms with Crippen LogP contribution in [-0.2, 0) is 11.3 Å². The van der Waals surface area contributed by atoms with Gasteiger partial charge in [0, 0.05) is 34.4 Å². The number of hydrogen-bond donors (Lipinski definition) is 2. The molecule has 1 aromatic heterocycles. The van der Waals surface area contributed by atoms with Crippen LogP contribution in [0, 0.1) is 0 Å². The molecule has 0 spiro atoms. The van der Waals surface area contributed by atoms with E-state index in [1.54, 1.807) is 18.3 Å². The molecule has 0 fully saturated rings. The summed E-state index contributed by atoms with van der Waals surface area (Å²) in [6.07, 6.45) is -0.358. The zero-order valence-electron chi connectivity index (χ0n) is 9.49. The number of carbonyl (C=O) groups is 1. The van der Waals surface area contributed by atoms with E-state index in [1.165, 1.54) is 4.88 Å². The molecule has 0 atom stereocenters. The predicted octanol–water partition coefficient (Wildman–Crippen LogP) is 2.77. The van der Waals surface area contributed by atoms with Crippen LogP contribution in [0.3, 0.4) is 0 Å². The molecule has 7 heteroatoms. The number of ether oxygens (including phenoxy) is 1. The summed E-state index contributed by atoms with van der Waals surface area (Å²) >= 11 is 5.10. The topological polar surface area (TPSA) is 50.4 Å². The van der Waals surface area contributed by atoms with Gasteiger partial charge in [-0.25, -0.2) is 4.79 Å². The van der Waals surface area contributed by atoms with Crippen molar-refractivity contribution >= 4 is 45.8 Å². The number of carbonyl (C=O) groups excluding carboxylic acids is 1. The molecule has 1 amide bonds. The van der Waals surface area contributed by atoms with Gasteiger partial charge in [-0.15, -0.1) is 23.7 Å². The molecule has 2 N–H and O–H groups in total. The zero-order valence-corrected chi connectivity index (χ0v) is 12.7. The first kappa shape index (κ1) is 16.7. The second-order valence-electron chi connectivity index (χ2n) is 3.06. The first-order chi connectivity index (χ1) is 7.72. The van der Waals surface area contributed by atoms with Crippen LogP contribution in [0.5, 0.6) is 0 Å². The van der Waals surface area contributed by atoms with Gasteiger partial charge >= 0.3 is 6.09 Å². The van der Waals surface area contributed by atoms with Gasteiger partial charge in [0.05, 0.1) is 6.61 Å². The highest BCUT2D eigenvalue weighted by atomic mass is 79.9. The number of alkyl carbamates (subject to hydrolysis) is 1. The van der Waals surface area contributed by atoms with Crippen molar-refractivity contribution in [1.29, 1.82) is 0 Å². The Kier molecular flexibility index (Phi) is 9.53. The van der Waals surface area contributed by atoms with Crippen LogP contribution < -0.4 is 10.6 Å². The number of amides is 1. The van der Waals surface area contributed by atoms with Crippen molar-refractivity contribution in [3.63, 3.8) is 0 Å². The molecule has 0 unspecified atom stereocenters. The fourth-order valence-electron chi connectivity index (χ4n) is 1.09. The number of halogens is 2. The SMILES string of the molecule is CCOC(=O)NCCNCc1cc(Br)cs1.Cl. The number of rotatable bonds is 6. The van der Waals surface area contributed by atoms with Gasteiger partial charge in [0.1, 0.15) is 0 Å². The van der Waals surface area contributed by atoms with Crippen LogP contribution in [-0.4, -0.2) is 25.8 Å². The molecular weight excluding hydrogens is 328 g/mol. The van der Waals surface area contributed by atoms with Crippen molar-refractivity contribution in [1.82, 2.24) is 10.6 Å². The molecule has 0 bridgehead atoms. The van der Waals surface area contributed by atoms with E-state index < -0.39 is 0 Å². The number of thiophene rings is 1. The molecule has 1 aromatic rings. The van der Waals surface area contributed by atoms with Gasteiger partial charge in [-0.3, -0.25) is 0 Å². The van der Waals surface area contributed by atoms with E-state index in [9.17, 15) is 4.79 Å². The van der Waals surface area contributed by atoms with Gasteiger partial charge in [-0.1, -0.05) is 0 Å². The molecule has 0 aliphatic heterocycles. The van der Waals surface area contributed by atoms with Crippen molar-refractivity contribution in [2.75, 3.05) is 19.7 Å². The van der Waals surface area contributed by atoms with E-state index in [0.717, 1.165) is 17.6 Å². The third kappa shape index (κ3) is 7.59. The monoisotopic (exact) mass is 342 g/mol. The molecule has 1 heterocycles. The molecule has 0 aliphatic rings. The molecule has 4 nitrogen and oxygen atoms in total. The third-order valence-electron chi connectivity index (χ3n) is 1.77. The van der Waals surface area contributed by atoms with E-state index in [0.29, 0.717) is 13.2 Å². The van der Waals surface area contributed by atoms with Crippen molar-refractivity contribution in [2.24, 2.45) is 0 Å². The van der Waals surface area contributed by atoms with Crippen molar-refractivity contribution in [2.45, 2.75) is 13.5 Å². The van der Waals surface area contributed by atoms with Crippen LogP contribution in [0.1, 0.15) is 11.8 Å². The Balaban J connectivity index is 0.00000256. The minimum atomic E-state index is -0.358. The smallest absolute Gasteiger partial charge is 0.407 e. The summed E-state index contributed by atoms with van der Waals surface area (Å²) in [7, 11) is 0. The Morgan fingerprint density at radius 3 is 2.88 bits per heavy atom. The van der Waals surface area contributed by atoms with Gasteiger partial charge in [0.15, 0.2) is 0 Å². The highest BCUT2D eigenvalue weighted by Gasteiger charge is 1.99. The second-order valence-corrected chi connectivity index (χ2v) is 4.97. The summed E-state index contributed by atoms with van der Waals surface area (Å²) in [6.45, 7) is 4.31. The predicted molar refractivity (Wildman–Crippen MR) is 76.0 cm³/mol. The largest absolute Gasteiger partial charge is 0.450 e. The maximum Gasteiger partial charge on any atom is 0.407 e. The molecule has 98 valence electrons. The summed E-state index contributed by atoms with van der Waals surface area (Å²) in [5.74, 6) is 0. The minimum Gasteiger partial charge on any atom is -0.450 e. The second kappa shape index (κ2) is 9.70. The molecule has 0 saturated carbocycles. The summed E-state index contributed by atoms with van der Waals surface area (Å²) in [4.78, 5) is 12.2. The molecule has 17 heavy (non-hydrogen) atoms. The Morgan fingerprint density at radius 1 is 1.53 bits per heavy atom. The summed E-state index contributed by atoms with van der Waals surface area (Å²) in [5, 5.41) is 7.93. The average Bonchev–Trinajstić information content (AvgIpc) is 2.64. The minimum absolute atomic E-state index is 0. The van der Waals surface area contributed by atoms with E-state index in [1.807, 2.05) is 5.38 Å². The zero-order chi connectivity index (χ0) is 11.8. The number of hydrogen-bond acceptors (Lipinski definition) is 4. The highest BCUT2D eigenvalue weighted by molar-refractivity contribution is 9.10. The Labute approximate surface area is 120 Å². The lowest BCUT2D eigenvalue weighted by atomic mass is 10.4. The highest BCUT2D eigenvalue weighted by Crippen LogP contribution is 2.19. The summed E-state index contributed by atoms with van der Waals surface area (Å²) in [6, 6.07) is 2.08. The fourth-order valence-corrected chi connectivity index (χ4v) is 2.51. The number of nitrogens with one attached hydrogen (secondary N) is 2. The van der Waals surface area contributed by atoms with Crippen LogP contribution in [0.15, 0.2) is 15.9 Å². The lowest BCUT2D eigenvalue weighted by Gasteiger charge is -2.05. The molecule has 0 saturated heterocycles. The van der Waals surface area contributed by atoms with Crippen molar-refractivity contribution in [3.05, 3.63) is 20.8 Å². The molecule has 0 aliphatic carbocycles. The first-order valence-electron chi connectivity index (χ1n) is 5.06. The van der Waals surface area contributed by atoms with Gasteiger partial charge in [0.2, 0.25) is 0 Å². The third-order valence-corrected chi connectivity index (χ3v) is 3.47. The van der Waals surface area contributed by atoms with E-state index in [2.05, 4.69) is 32.6 Å². The van der Waals surface area contributed by atoms with E-state index in [-0.39, 0.29) is 18.5 Å². The van der Waals surface area contributed by atoms with Crippen molar-refractivity contribution in [3.8, 4) is 0 Å². The van der Waals surface area contributed by atoms with Crippen LogP contribution in [0.4, 0.5) is 4.79 Å². The summed E-state index contributed by atoms with van der Waals surface area (Å²) < 4.78 is 5.84. The Bertz CT molecular complexity index is 336. The van der Waals surface area contributed by atoms with Crippen LogP contribution in [0.2, 0.25) is 0 Å². The molecule has 0 radical (unpaired) electrons. The lowest BCUT2D eigenvalue weighted by Crippen LogP contribution is -2.31. The standard InChI is InChI=1S/C10H15BrN2O2S.ClH/c1-2-15-10(14)13-4-3-12-6-9-5-8(11)7-16-9;/h5,7,12H,2-4,6H2,1H3,(H,13,14);1H. The van der Waals surface area contributed by atoms with Crippen LogP contribution >= 0.6 is 39.7 Å². The quantitative estimate of drug-likeness (QED) is 0.781. The maximum atomic E-state index is 10.9. The van der Waals surface area contributed by atoms with Crippen LogP contribution in [0.25, 0.3) is 0 Å². The Morgan fingerprint density at radius 2 is 2.29 bits per heavy atom. The van der Waals surface area contributed by atoms with Gasteiger partial charge < -0.3 is 15.4 Å². The molecular formula is C10H16BrClN2O2S. The molecule has 0 aromatic carbocycles. The normalized spacial score (nSPS) is 9.53. The van der Waals surface area contributed by atoms with E-state index >= 15 is 0 Å². The maximum absolute atomic E-state index is 10.9. The lowest BCUT2D eigenvalue weighted by molar-refractivity contribution is 0.152. The van der Waals surface area contributed by atoms with E-state index in [4.69, 9.17) is 4.74 Å².